The van der Waals surface area contributed by atoms with Gasteiger partial charge in [0.2, 0.25) is 0 Å². The fraction of sp³-hybridized carbons (Fsp3) is 0.304. The standard InChI is InChI=1S/C23H25BrN2O2/c24-21-8-4-7-20(15-21)23(28)26-16-18-9-11-19(12-10-18)22(27)25-14-13-17-5-2-1-3-6-17/h4-5,7-12,15H,1-3,6,13-14,16H2,(H,25,27)(H,26,28). The zero-order valence-electron chi connectivity index (χ0n) is 15.8. The van der Waals surface area contributed by atoms with Crippen LogP contribution in [-0.4, -0.2) is 18.4 Å². The lowest BCUT2D eigenvalue weighted by molar-refractivity contribution is 0.0943. The van der Waals surface area contributed by atoms with Crippen LogP contribution in [0.15, 0.2) is 64.7 Å². The van der Waals surface area contributed by atoms with Crippen molar-refractivity contribution in [3.05, 3.63) is 81.3 Å². The third kappa shape index (κ3) is 6.06. The number of hydrogen-bond acceptors (Lipinski definition) is 2. The molecule has 0 saturated heterocycles. The number of halogens is 1. The maximum atomic E-state index is 12.3. The molecule has 0 bridgehead atoms. The van der Waals surface area contributed by atoms with Gasteiger partial charge in [0.25, 0.3) is 11.8 Å². The topological polar surface area (TPSA) is 58.2 Å². The zero-order chi connectivity index (χ0) is 19.8. The third-order valence-corrected chi connectivity index (χ3v) is 5.37. The molecule has 5 heteroatoms. The predicted octanol–water partition coefficient (Wildman–Crippen LogP) is 5.00. The largest absolute Gasteiger partial charge is 0.352 e. The minimum absolute atomic E-state index is 0.0545. The van der Waals surface area contributed by atoms with Crippen LogP contribution < -0.4 is 10.6 Å². The highest BCUT2D eigenvalue weighted by Gasteiger charge is 2.08. The van der Waals surface area contributed by atoms with Gasteiger partial charge in [0, 0.05) is 28.7 Å². The minimum Gasteiger partial charge on any atom is -0.352 e. The third-order valence-electron chi connectivity index (χ3n) is 4.87. The summed E-state index contributed by atoms with van der Waals surface area (Å²) >= 11 is 3.37. The van der Waals surface area contributed by atoms with Gasteiger partial charge in [-0.15, -0.1) is 0 Å². The molecule has 2 aromatic rings. The van der Waals surface area contributed by atoms with E-state index in [2.05, 4.69) is 32.6 Å². The lowest BCUT2D eigenvalue weighted by Crippen LogP contribution is -2.25. The van der Waals surface area contributed by atoms with Gasteiger partial charge in [-0.05, 0) is 68.0 Å². The molecular weight excluding hydrogens is 416 g/mol. The number of carbonyl (C=O) groups excluding carboxylic acids is 2. The fourth-order valence-electron chi connectivity index (χ4n) is 3.26. The van der Waals surface area contributed by atoms with Crippen LogP contribution in [0, 0.1) is 0 Å². The molecule has 2 aromatic carbocycles. The highest BCUT2D eigenvalue weighted by atomic mass is 79.9. The molecular formula is C23H25BrN2O2. The Morgan fingerprint density at radius 1 is 0.929 bits per heavy atom. The fourth-order valence-corrected chi connectivity index (χ4v) is 3.66. The van der Waals surface area contributed by atoms with E-state index in [1.165, 1.54) is 24.8 Å². The average Bonchev–Trinajstić information content (AvgIpc) is 2.73. The summed E-state index contributed by atoms with van der Waals surface area (Å²) in [6, 6.07) is 14.6. The lowest BCUT2D eigenvalue weighted by Gasteiger charge is -2.13. The van der Waals surface area contributed by atoms with E-state index in [1.54, 1.807) is 24.3 Å². The van der Waals surface area contributed by atoms with Crippen LogP contribution in [0.25, 0.3) is 0 Å². The first-order valence-electron chi connectivity index (χ1n) is 9.70. The van der Waals surface area contributed by atoms with Crippen LogP contribution in [0.5, 0.6) is 0 Å². The molecule has 2 amide bonds. The van der Waals surface area contributed by atoms with E-state index in [9.17, 15) is 9.59 Å². The normalized spacial score (nSPS) is 13.5. The Bertz CT molecular complexity index is 859. The molecule has 4 nitrogen and oxygen atoms in total. The number of amides is 2. The van der Waals surface area contributed by atoms with Crippen LogP contribution >= 0.6 is 15.9 Å². The van der Waals surface area contributed by atoms with E-state index in [4.69, 9.17) is 0 Å². The van der Waals surface area contributed by atoms with Crippen molar-refractivity contribution in [2.75, 3.05) is 6.54 Å². The van der Waals surface area contributed by atoms with Crippen molar-refractivity contribution in [3.63, 3.8) is 0 Å². The van der Waals surface area contributed by atoms with E-state index >= 15 is 0 Å². The monoisotopic (exact) mass is 440 g/mol. The maximum absolute atomic E-state index is 12.3. The van der Waals surface area contributed by atoms with Crippen molar-refractivity contribution in [2.45, 2.75) is 38.6 Å². The molecule has 28 heavy (non-hydrogen) atoms. The number of hydrogen-bond donors (Lipinski definition) is 2. The molecule has 0 radical (unpaired) electrons. The zero-order valence-corrected chi connectivity index (χ0v) is 17.4. The predicted molar refractivity (Wildman–Crippen MR) is 115 cm³/mol. The summed E-state index contributed by atoms with van der Waals surface area (Å²) in [6.45, 7) is 1.09. The molecule has 146 valence electrons. The first-order chi connectivity index (χ1) is 13.6. The van der Waals surface area contributed by atoms with Gasteiger partial charge >= 0.3 is 0 Å². The van der Waals surface area contributed by atoms with Gasteiger partial charge in [0.05, 0.1) is 0 Å². The maximum Gasteiger partial charge on any atom is 0.251 e. The Balaban J connectivity index is 1.45. The number of rotatable bonds is 7. The van der Waals surface area contributed by atoms with Gasteiger partial charge < -0.3 is 10.6 Å². The van der Waals surface area contributed by atoms with Gasteiger partial charge in [0.15, 0.2) is 0 Å². The molecule has 0 heterocycles. The van der Waals surface area contributed by atoms with E-state index in [0.29, 0.717) is 24.2 Å². The number of benzene rings is 2. The van der Waals surface area contributed by atoms with Gasteiger partial charge in [-0.1, -0.05) is 45.8 Å². The van der Waals surface area contributed by atoms with E-state index in [0.717, 1.165) is 22.9 Å². The van der Waals surface area contributed by atoms with E-state index in [1.807, 2.05) is 24.3 Å². The highest BCUT2D eigenvalue weighted by Crippen LogP contribution is 2.19. The highest BCUT2D eigenvalue weighted by molar-refractivity contribution is 9.10. The van der Waals surface area contributed by atoms with Crippen molar-refractivity contribution in [1.29, 1.82) is 0 Å². The molecule has 0 saturated carbocycles. The van der Waals surface area contributed by atoms with Gasteiger partial charge in [-0.2, -0.15) is 0 Å². The molecule has 0 fully saturated rings. The molecule has 3 rings (SSSR count). The Labute approximate surface area is 174 Å². The summed E-state index contributed by atoms with van der Waals surface area (Å²) < 4.78 is 0.871. The van der Waals surface area contributed by atoms with Crippen LogP contribution in [0.3, 0.4) is 0 Å². The SMILES string of the molecule is O=C(NCCC1=CCCCC1)c1ccc(CNC(=O)c2cccc(Br)c2)cc1. The molecule has 2 N–H and O–H groups in total. The smallest absolute Gasteiger partial charge is 0.251 e. The summed E-state index contributed by atoms with van der Waals surface area (Å²) in [5.41, 5.74) is 3.66. The van der Waals surface area contributed by atoms with Crippen molar-refractivity contribution in [1.82, 2.24) is 10.6 Å². The van der Waals surface area contributed by atoms with Crippen LogP contribution in [0.4, 0.5) is 0 Å². The van der Waals surface area contributed by atoms with Gasteiger partial charge in [-0.25, -0.2) is 0 Å². The van der Waals surface area contributed by atoms with Crippen LogP contribution in [0.1, 0.15) is 58.4 Å². The minimum atomic E-state index is -0.125. The molecule has 1 aliphatic carbocycles. The van der Waals surface area contributed by atoms with E-state index in [-0.39, 0.29) is 11.8 Å². The lowest BCUT2D eigenvalue weighted by atomic mass is 9.97. The van der Waals surface area contributed by atoms with Crippen molar-refractivity contribution in [3.8, 4) is 0 Å². The van der Waals surface area contributed by atoms with Gasteiger partial charge in [0.1, 0.15) is 0 Å². The van der Waals surface area contributed by atoms with Crippen molar-refractivity contribution < 1.29 is 9.59 Å². The average molecular weight is 441 g/mol. The summed E-state index contributed by atoms with van der Waals surface area (Å²) in [5, 5.41) is 5.88. The van der Waals surface area contributed by atoms with Gasteiger partial charge in [-0.3, -0.25) is 9.59 Å². The van der Waals surface area contributed by atoms with Crippen LogP contribution in [0.2, 0.25) is 0 Å². The number of carbonyl (C=O) groups is 2. The van der Waals surface area contributed by atoms with Crippen LogP contribution in [-0.2, 0) is 6.54 Å². The summed E-state index contributed by atoms with van der Waals surface area (Å²) in [4.78, 5) is 24.5. The Morgan fingerprint density at radius 3 is 2.43 bits per heavy atom. The second-order valence-electron chi connectivity index (χ2n) is 7.00. The molecule has 0 aliphatic heterocycles. The first kappa shape index (κ1) is 20.3. The second kappa shape index (κ2) is 10.2. The molecule has 0 unspecified atom stereocenters. The molecule has 0 aromatic heterocycles. The number of nitrogens with one attached hydrogen (secondary N) is 2. The van der Waals surface area contributed by atoms with E-state index < -0.39 is 0 Å². The molecule has 1 aliphatic rings. The quantitative estimate of drug-likeness (QED) is 0.595. The van der Waals surface area contributed by atoms with Crippen molar-refractivity contribution in [2.24, 2.45) is 0 Å². The Morgan fingerprint density at radius 2 is 1.71 bits per heavy atom. The Hall–Kier alpha value is -2.40. The summed E-state index contributed by atoms with van der Waals surface area (Å²) in [6.07, 6.45) is 8.13. The summed E-state index contributed by atoms with van der Waals surface area (Å²) in [5.74, 6) is -0.179. The van der Waals surface area contributed by atoms with Crippen molar-refractivity contribution >= 4 is 27.7 Å². The first-order valence-corrected chi connectivity index (χ1v) is 10.5. The Kier molecular flexibility index (Phi) is 7.43. The number of allylic oxidation sites excluding steroid dienone is 1. The summed E-state index contributed by atoms with van der Waals surface area (Å²) in [7, 11) is 0. The molecule has 0 atom stereocenters. The second-order valence-corrected chi connectivity index (χ2v) is 7.92. The molecule has 0 spiro atoms.